The summed E-state index contributed by atoms with van der Waals surface area (Å²) in [7, 11) is 0. The summed E-state index contributed by atoms with van der Waals surface area (Å²) in [6.45, 7) is 2.28. The monoisotopic (exact) mass is 375 g/mol. The Morgan fingerprint density at radius 1 is 0.655 bits per heavy atom. The lowest BCUT2D eigenvalue weighted by atomic mass is 9.95. The van der Waals surface area contributed by atoms with Crippen molar-refractivity contribution in [2.75, 3.05) is 4.90 Å². The zero-order valence-electron chi connectivity index (χ0n) is 16.8. The van der Waals surface area contributed by atoms with Gasteiger partial charge in [0.2, 0.25) is 0 Å². The van der Waals surface area contributed by atoms with Crippen molar-refractivity contribution in [2.45, 2.75) is 26.2 Å². The molecule has 0 atom stereocenters. The van der Waals surface area contributed by atoms with Crippen LogP contribution in [0.3, 0.4) is 0 Å². The van der Waals surface area contributed by atoms with E-state index in [2.05, 4.69) is 109 Å². The molecule has 0 bridgehead atoms. The van der Waals surface area contributed by atoms with Gasteiger partial charge in [-0.3, -0.25) is 0 Å². The third-order valence-electron chi connectivity index (χ3n) is 5.85. The molecule has 0 heterocycles. The SMILES string of the molecule is CCCc1c(N(c2ccccc2)c2ccccc2)ccc2c1Cc1ccccc1-2. The van der Waals surface area contributed by atoms with Gasteiger partial charge in [0.25, 0.3) is 0 Å². The van der Waals surface area contributed by atoms with E-state index in [0.29, 0.717) is 0 Å². The molecule has 0 saturated heterocycles. The first-order valence-electron chi connectivity index (χ1n) is 10.5. The Morgan fingerprint density at radius 2 is 1.28 bits per heavy atom. The summed E-state index contributed by atoms with van der Waals surface area (Å²) in [6, 6.07) is 34.9. The fourth-order valence-electron chi connectivity index (χ4n) is 4.58. The van der Waals surface area contributed by atoms with E-state index < -0.39 is 0 Å². The fourth-order valence-corrected chi connectivity index (χ4v) is 4.58. The Morgan fingerprint density at radius 3 is 1.93 bits per heavy atom. The Bertz CT molecular complexity index is 1090. The smallest absolute Gasteiger partial charge is 0.0496 e. The molecule has 1 aliphatic rings. The molecule has 0 fully saturated rings. The molecule has 0 saturated carbocycles. The number of hydrogen-bond acceptors (Lipinski definition) is 1. The molecule has 0 N–H and O–H groups in total. The Balaban J connectivity index is 1.72. The maximum Gasteiger partial charge on any atom is 0.0496 e. The van der Waals surface area contributed by atoms with Gasteiger partial charge in [0, 0.05) is 17.1 Å². The van der Waals surface area contributed by atoms with Gasteiger partial charge in [0.15, 0.2) is 0 Å². The highest BCUT2D eigenvalue weighted by Gasteiger charge is 2.25. The lowest BCUT2D eigenvalue weighted by molar-refractivity contribution is 0.905. The first kappa shape index (κ1) is 17.8. The van der Waals surface area contributed by atoms with Gasteiger partial charge >= 0.3 is 0 Å². The van der Waals surface area contributed by atoms with Crippen LogP contribution in [0.2, 0.25) is 0 Å². The molecule has 0 unspecified atom stereocenters. The fraction of sp³-hybridized carbons (Fsp3) is 0.143. The highest BCUT2D eigenvalue weighted by Crippen LogP contribution is 2.45. The predicted molar refractivity (Wildman–Crippen MR) is 123 cm³/mol. The van der Waals surface area contributed by atoms with E-state index in [1.807, 2.05) is 0 Å². The van der Waals surface area contributed by atoms with Crippen LogP contribution in [0.4, 0.5) is 17.1 Å². The normalized spacial score (nSPS) is 11.8. The Hall–Kier alpha value is -3.32. The number of benzene rings is 4. The van der Waals surface area contributed by atoms with Gasteiger partial charge in [0.1, 0.15) is 0 Å². The van der Waals surface area contributed by atoms with Crippen LogP contribution in [0.15, 0.2) is 97.1 Å². The van der Waals surface area contributed by atoms with Crippen molar-refractivity contribution in [2.24, 2.45) is 0 Å². The minimum Gasteiger partial charge on any atom is -0.310 e. The maximum absolute atomic E-state index is 2.41. The van der Waals surface area contributed by atoms with Crippen LogP contribution in [0.5, 0.6) is 0 Å². The number of hydrogen-bond donors (Lipinski definition) is 0. The molecule has 0 amide bonds. The molecular formula is C28H25N. The Kier molecular flexibility index (Phi) is 4.65. The van der Waals surface area contributed by atoms with Crippen LogP contribution in [-0.4, -0.2) is 0 Å². The lowest BCUT2D eigenvalue weighted by Gasteiger charge is -2.29. The molecule has 5 rings (SSSR count). The van der Waals surface area contributed by atoms with Crippen LogP contribution in [-0.2, 0) is 12.8 Å². The van der Waals surface area contributed by atoms with E-state index >= 15 is 0 Å². The standard InChI is InChI=1S/C28H25N/c1-2-11-26-27-20-21-12-9-10-17-24(21)25(27)18-19-28(26)29(22-13-5-3-6-14-22)23-15-7-4-8-16-23/h3-10,12-19H,2,11,20H2,1H3. The molecule has 0 aliphatic heterocycles. The molecular weight excluding hydrogens is 350 g/mol. The van der Waals surface area contributed by atoms with Crippen LogP contribution in [0.1, 0.15) is 30.0 Å². The quantitative estimate of drug-likeness (QED) is 0.304. The summed E-state index contributed by atoms with van der Waals surface area (Å²) in [4.78, 5) is 2.41. The minimum absolute atomic E-state index is 1.03. The lowest BCUT2D eigenvalue weighted by Crippen LogP contribution is -2.13. The second kappa shape index (κ2) is 7.60. The molecule has 0 radical (unpaired) electrons. The first-order chi connectivity index (χ1) is 14.4. The summed E-state index contributed by atoms with van der Waals surface area (Å²) in [5, 5.41) is 0. The third kappa shape index (κ3) is 3.13. The summed E-state index contributed by atoms with van der Waals surface area (Å²) < 4.78 is 0. The molecule has 0 spiro atoms. The van der Waals surface area contributed by atoms with Crippen molar-refractivity contribution in [1.29, 1.82) is 0 Å². The summed E-state index contributed by atoms with van der Waals surface area (Å²) in [5.41, 5.74) is 10.9. The predicted octanol–water partition coefficient (Wildman–Crippen LogP) is 7.68. The van der Waals surface area contributed by atoms with Gasteiger partial charge in [-0.05, 0) is 71.0 Å². The van der Waals surface area contributed by atoms with E-state index in [1.165, 1.54) is 44.9 Å². The Labute approximate surface area is 173 Å². The average Bonchev–Trinajstić information content (AvgIpc) is 3.16. The van der Waals surface area contributed by atoms with E-state index in [0.717, 1.165) is 19.3 Å². The van der Waals surface area contributed by atoms with Crippen molar-refractivity contribution in [3.63, 3.8) is 0 Å². The minimum atomic E-state index is 1.03. The second-order valence-electron chi connectivity index (χ2n) is 7.68. The number of para-hydroxylation sites is 2. The van der Waals surface area contributed by atoms with Crippen molar-refractivity contribution in [3.05, 3.63) is 114 Å². The summed E-state index contributed by atoms with van der Waals surface area (Å²) in [6.07, 6.45) is 3.26. The average molecular weight is 376 g/mol. The molecule has 1 heteroatoms. The van der Waals surface area contributed by atoms with Crippen LogP contribution in [0, 0.1) is 0 Å². The maximum atomic E-state index is 2.41. The second-order valence-corrected chi connectivity index (χ2v) is 7.68. The molecule has 1 aliphatic carbocycles. The number of anilines is 3. The summed E-state index contributed by atoms with van der Waals surface area (Å²) in [5.74, 6) is 0. The highest BCUT2D eigenvalue weighted by molar-refractivity contribution is 5.85. The van der Waals surface area contributed by atoms with Crippen LogP contribution >= 0.6 is 0 Å². The third-order valence-corrected chi connectivity index (χ3v) is 5.85. The molecule has 0 aromatic heterocycles. The van der Waals surface area contributed by atoms with Gasteiger partial charge in [-0.2, -0.15) is 0 Å². The number of fused-ring (bicyclic) bond motifs is 3. The van der Waals surface area contributed by atoms with Gasteiger partial charge in [-0.1, -0.05) is 80.1 Å². The number of nitrogens with zero attached hydrogens (tertiary/aromatic N) is 1. The van der Waals surface area contributed by atoms with Crippen LogP contribution < -0.4 is 4.90 Å². The van der Waals surface area contributed by atoms with E-state index in [-0.39, 0.29) is 0 Å². The molecule has 4 aromatic rings. The highest BCUT2D eigenvalue weighted by atomic mass is 15.1. The van der Waals surface area contributed by atoms with Crippen LogP contribution in [0.25, 0.3) is 11.1 Å². The van der Waals surface area contributed by atoms with Crippen molar-refractivity contribution in [3.8, 4) is 11.1 Å². The largest absolute Gasteiger partial charge is 0.310 e. The van der Waals surface area contributed by atoms with Gasteiger partial charge in [0.05, 0.1) is 0 Å². The zero-order valence-corrected chi connectivity index (χ0v) is 16.8. The van der Waals surface area contributed by atoms with E-state index in [1.54, 1.807) is 0 Å². The van der Waals surface area contributed by atoms with Gasteiger partial charge in [-0.25, -0.2) is 0 Å². The molecule has 4 aromatic carbocycles. The van der Waals surface area contributed by atoms with E-state index in [4.69, 9.17) is 0 Å². The zero-order chi connectivity index (χ0) is 19.6. The molecule has 1 nitrogen and oxygen atoms in total. The molecule has 29 heavy (non-hydrogen) atoms. The van der Waals surface area contributed by atoms with Crippen molar-refractivity contribution < 1.29 is 0 Å². The van der Waals surface area contributed by atoms with Gasteiger partial charge < -0.3 is 4.90 Å². The van der Waals surface area contributed by atoms with Gasteiger partial charge in [-0.15, -0.1) is 0 Å². The van der Waals surface area contributed by atoms with E-state index in [9.17, 15) is 0 Å². The summed E-state index contributed by atoms with van der Waals surface area (Å²) >= 11 is 0. The van der Waals surface area contributed by atoms with Crippen molar-refractivity contribution >= 4 is 17.1 Å². The molecule has 142 valence electrons. The topological polar surface area (TPSA) is 3.24 Å². The number of rotatable bonds is 5. The van der Waals surface area contributed by atoms with Crippen molar-refractivity contribution in [1.82, 2.24) is 0 Å². The first-order valence-corrected chi connectivity index (χ1v) is 10.5.